The van der Waals surface area contributed by atoms with Gasteiger partial charge in [-0.25, -0.2) is 4.98 Å². The van der Waals surface area contributed by atoms with Gasteiger partial charge >= 0.3 is 0 Å². The van der Waals surface area contributed by atoms with Crippen LogP contribution in [0.4, 0.5) is 0 Å². The fourth-order valence-electron chi connectivity index (χ4n) is 5.25. The summed E-state index contributed by atoms with van der Waals surface area (Å²) < 4.78 is 15.3. The number of fused-ring (bicyclic) bond motifs is 1. The Balaban J connectivity index is 1.22. The molecule has 41 heavy (non-hydrogen) atoms. The molecular formula is C33H32N4O4. The predicted octanol–water partition coefficient (Wildman–Crippen LogP) is 5.35. The summed E-state index contributed by atoms with van der Waals surface area (Å²) in [6.45, 7) is 3.18. The monoisotopic (exact) mass is 548 g/mol. The lowest BCUT2D eigenvalue weighted by Gasteiger charge is -2.41. The van der Waals surface area contributed by atoms with E-state index in [2.05, 4.69) is 32.8 Å². The molecule has 0 saturated carbocycles. The van der Waals surface area contributed by atoms with E-state index in [9.17, 15) is 9.90 Å². The summed E-state index contributed by atoms with van der Waals surface area (Å²) in [7, 11) is 0. The number of aromatic nitrogens is 3. The zero-order chi connectivity index (χ0) is 28.2. The molecule has 0 bridgehead atoms. The number of ether oxygens (including phenoxy) is 2. The third kappa shape index (κ3) is 5.90. The van der Waals surface area contributed by atoms with Crippen molar-refractivity contribution in [2.24, 2.45) is 5.92 Å². The topological polar surface area (TPSA) is 98.5 Å². The fraction of sp³-hybridized carbons (Fsp3) is 0.242. The standard InChI is InChI=1S/C33H32N4O4/c1-22-30(19-37-21-36-28-6-2-3-7-29(28)37)40-33(41-31(22)25-12-10-24(20-38)11-13-25)26-14-8-23(9-15-26)17-35-32(39)27-5-4-16-34-18-27/h2-16,18,21-22,30-31,33,38H,17,19-20H2,1H3,(H,35,39)/t22-,30+,31+,33+/m1/s1. The van der Waals surface area contributed by atoms with E-state index in [0.717, 1.165) is 33.3 Å². The summed E-state index contributed by atoms with van der Waals surface area (Å²) in [6, 6.07) is 27.4. The van der Waals surface area contributed by atoms with E-state index in [4.69, 9.17) is 9.47 Å². The summed E-state index contributed by atoms with van der Waals surface area (Å²) in [4.78, 5) is 21.0. The van der Waals surface area contributed by atoms with Gasteiger partial charge in [-0.2, -0.15) is 0 Å². The van der Waals surface area contributed by atoms with Gasteiger partial charge in [0.15, 0.2) is 6.29 Å². The van der Waals surface area contributed by atoms with Gasteiger partial charge in [0.2, 0.25) is 0 Å². The van der Waals surface area contributed by atoms with E-state index in [1.54, 1.807) is 24.5 Å². The van der Waals surface area contributed by atoms with Crippen LogP contribution in [0.25, 0.3) is 11.0 Å². The SMILES string of the molecule is C[C@@H]1[C@H](Cn2cnc3ccccc32)O[C@H](c2ccc(CNC(=O)c3cccnc3)cc2)O[C@@H]1c1ccc(CO)cc1. The lowest BCUT2D eigenvalue weighted by atomic mass is 9.90. The van der Waals surface area contributed by atoms with E-state index in [-0.39, 0.29) is 30.6 Å². The number of rotatable bonds is 8. The highest BCUT2D eigenvalue weighted by Crippen LogP contribution is 2.42. The van der Waals surface area contributed by atoms with Crippen molar-refractivity contribution in [3.05, 3.63) is 131 Å². The summed E-state index contributed by atoms with van der Waals surface area (Å²) in [5, 5.41) is 12.5. The lowest BCUT2D eigenvalue weighted by Crippen LogP contribution is -2.39. The Morgan fingerprint density at radius 1 is 0.927 bits per heavy atom. The average molecular weight is 549 g/mol. The van der Waals surface area contributed by atoms with Crippen molar-refractivity contribution in [3.63, 3.8) is 0 Å². The van der Waals surface area contributed by atoms with Crippen molar-refractivity contribution in [1.29, 1.82) is 0 Å². The second-order valence-electron chi connectivity index (χ2n) is 10.4. The molecule has 3 heterocycles. The quantitative estimate of drug-likeness (QED) is 0.272. The molecule has 8 nitrogen and oxygen atoms in total. The van der Waals surface area contributed by atoms with Crippen LogP contribution < -0.4 is 5.32 Å². The maximum absolute atomic E-state index is 12.4. The van der Waals surface area contributed by atoms with Gasteiger partial charge in [0.1, 0.15) is 0 Å². The largest absolute Gasteiger partial charge is 0.392 e. The highest BCUT2D eigenvalue weighted by molar-refractivity contribution is 5.93. The summed E-state index contributed by atoms with van der Waals surface area (Å²) in [5.74, 6) is -0.116. The third-order valence-electron chi connectivity index (χ3n) is 7.66. The molecule has 1 amide bonds. The minimum Gasteiger partial charge on any atom is -0.392 e. The van der Waals surface area contributed by atoms with Crippen molar-refractivity contribution < 1.29 is 19.4 Å². The van der Waals surface area contributed by atoms with E-state index in [1.165, 1.54) is 0 Å². The van der Waals surface area contributed by atoms with Crippen molar-refractivity contribution in [1.82, 2.24) is 19.9 Å². The number of hydrogen-bond acceptors (Lipinski definition) is 6. The number of nitrogens with zero attached hydrogens (tertiary/aromatic N) is 3. The lowest BCUT2D eigenvalue weighted by molar-refractivity contribution is -0.276. The molecular weight excluding hydrogens is 516 g/mol. The number of benzene rings is 3. The average Bonchev–Trinajstić information content (AvgIpc) is 3.44. The molecule has 5 aromatic rings. The van der Waals surface area contributed by atoms with Gasteiger partial charge in [-0.3, -0.25) is 9.78 Å². The highest BCUT2D eigenvalue weighted by Gasteiger charge is 2.38. The van der Waals surface area contributed by atoms with Crippen LogP contribution in [0.5, 0.6) is 0 Å². The Kier molecular flexibility index (Phi) is 7.86. The van der Waals surface area contributed by atoms with Crippen molar-refractivity contribution in [3.8, 4) is 0 Å². The van der Waals surface area contributed by atoms with Crippen molar-refractivity contribution >= 4 is 16.9 Å². The Morgan fingerprint density at radius 2 is 1.68 bits per heavy atom. The van der Waals surface area contributed by atoms with Crippen LogP contribution in [0, 0.1) is 5.92 Å². The van der Waals surface area contributed by atoms with Crippen LogP contribution in [-0.2, 0) is 29.2 Å². The normalized spacial score (nSPS) is 20.6. The van der Waals surface area contributed by atoms with E-state index >= 15 is 0 Å². The number of para-hydroxylation sites is 2. The second kappa shape index (κ2) is 12.0. The first-order valence-electron chi connectivity index (χ1n) is 13.8. The molecule has 1 aliphatic rings. The summed E-state index contributed by atoms with van der Waals surface area (Å²) in [5.41, 5.74) is 6.30. The van der Waals surface area contributed by atoms with Gasteiger partial charge in [-0.15, -0.1) is 0 Å². The van der Waals surface area contributed by atoms with Gasteiger partial charge in [0, 0.05) is 30.4 Å². The molecule has 0 spiro atoms. The molecule has 6 rings (SSSR count). The Labute approximate surface area is 238 Å². The number of aliphatic hydroxyl groups is 1. The van der Waals surface area contributed by atoms with Crippen LogP contribution in [-0.4, -0.2) is 31.7 Å². The van der Waals surface area contributed by atoms with Crippen LogP contribution in [0.15, 0.2) is 104 Å². The minimum atomic E-state index is -0.576. The molecule has 0 unspecified atom stereocenters. The highest BCUT2D eigenvalue weighted by atomic mass is 16.7. The van der Waals surface area contributed by atoms with Crippen molar-refractivity contribution in [2.75, 3.05) is 0 Å². The molecule has 1 saturated heterocycles. The number of carbonyl (C=O) groups excluding carboxylic acids is 1. The molecule has 208 valence electrons. The molecule has 2 aromatic heterocycles. The minimum absolute atomic E-state index is 0.00153. The molecule has 1 aliphatic heterocycles. The number of pyridine rings is 1. The zero-order valence-corrected chi connectivity index (χ0v) is 22.8. The third-order valence-corrected chi connectivity index (χ3v) is 7.66. The van der Waals surface area contributed by atoms with Gasteiger partial charge in [0.25, 0.3) is 5.91 Å². The molecule has 0 aliphatic carbocycles. The van der Waals surface area contributed by atoms with E-state index in [0.29, 0.717) is 18.7 Å². The second-order valence-corrected chi connectivity index (χ2v) is 10.4. The predicted molar refractivity (Wildman–Crippen MR) is 155 cm³/mol. The zero-order valence-electron chi connectivity index (χ0n) is 22.8. The maximum atomic E-state index is 12.4. The molecule has 8 heteroatoms. The van der Waals surface area contributed by atoms with Crippen LogP contribution in [0.2, 0.25) is 0 Å². The number of amides is 1. The Hall–Kier alpha value is -4.37. The maximum Gasteiger partial charge on any atom is 0.253 e. The summed E-state index contributed by atoms with van der Waals surface area (Å²) >= 11 is 0. The molecule has 0 radical (unpaired) electrons. The molecule has 3 aromatic carbocycles. The number of aliphatic hydroxyl groups excluding tert-OH is 1. The first-order valence-corrected chi connectivity index (χ1v) is 13.8. The number of imidazole rings is 1. The molecule has 1 fully saturated rings. The Morgan fingerprint density at radius 3 is 2.44 bits per heavy atom. The number of carbonyl (C=O) groups is 1. The van der Waals surface area contributed by atoms with Gasteiger partial charge < -0.3 is 24.5 Å². The van der Waals surface area contributed by atoms with Crippen LogP contribution in [0.3, 0.4) is 0 Å². The van der Waals surface area contributed by atoms with Gasteiger partial charge in [-0.05, 0) is 41.0 Å². The van der Waals surface area contributed by atoms with Crippen LogP contribution in [0.1, 0.15) is 51.9 Å². The van der Waals surface area contributed by atoms with Crippen molar-refractivity contribution in [2.45, 2.75) is 45.1 Å². The summed E-state index contributed by atoms with van der Waals surface area (Å²) in [6.07, 6.45) is 4.13. The first kappa shape index (κ1) is 26.8. The fourth-order valence-corrected chi connectivity index (χ4v) is 5.25. The number of nitrogens with one attached hydrogen (secondary N) is 1. The van der Waals surface area contributed by atoms with Gasteiger partial charge in [0.05, 0.1) is 48.3 Å². The van der Waals surface area contributed by atoms with Gasteiger partial charge in [-0.1, -0.05) is 67.6 Å². The van der Waals surface area contributed by atoms with E-state index in [1.807, 2.05) is 73.1 Å². The number of hydrogen-bond donors (Lipinski definition) is 2. The van der Waals surface area contributed by atoms with E-state index < -0.39 is 6.29 Å². The first-order chi connectivity index (χ1) is 20.1. The molecule has 4 atom stereocenters. The Bertz CT molecular complexity index is 1600. The van der Waals surface area contributed by atoms with Crippen LogP contribution >= 0.6 is 0 Å². The smallest absolute Gasteiger partial charge is 0.253 e. The molecule has 2 N–H and O–H groups in total.